The topological polar surface area (TPSA) is 71.7 Å². The van der Waals surface area contributed by atoms with Gasteiger partial charge in [0, 0.05) is 18.9 Å². The number of furan rings is 1. The van der Waals surface area contributed by atoms with E-state index in [9.17, 15) is 4.79 Å². The molecule has 6 heteroatoms. The smallest absolute Gasteiger partial charge is 0.341 e. The van der Waals surface area contributed by atoms with Crippen LogP contribution in [0.25, 0.3) is 0 Å². The van der Waals surface area contributed by atoms with Crippen molar-refractivity contribution in [2.45, 2.75) is 13.0 Å². The number of esters is 1. The SMILES string of the molecule is COC(=O)c1coc(CNCCSCCCO)c1. The highest BCUT2D eigenvalue weighted by Crippen LogP contribution is 2.08. The number of rotatable bonds is 9. The van der Waals surface area contributed by atoms with Crippen molar-refractivity contribution in [1.29, 1.82) is 0 Å². The summed E-state index contributed by atoms with van der Waals surface area (Å²) in [6, 6.07) is 1.68. The molecule has 0 atom stereocenters. The summed E-state index contributed by atoms with van der Waals surface area (Å²) in [5.41, 5.74) is 0.437. The van der Waals surface area contributed by atoms with Crippen LogP contribution in [0.4, 0.5) is 0 Å². The van der Waals surface area contributed by atoms with Gasteiger partial charge in [-0.1, -0.05) is 0 Å². The lowest BCUT2D eigenvalue weighted by atomic mass is 10.3. The van der Waals surface area contributed by atoms with E-state index in [0.29, 0.717) is 12.1 Å². The van der Waals surface area contributed by atoms with Crippen LogP contribution in [0.1, 0.15) is 22.5 Å². The molecule has 0 saturated carbocycles. The molecule has 0 aliphatic heterocycles. The van der Waals surface area contributed by atoms with Crippen LogP contribution in [0.3, 0.4) is 0 Å². The van der Waals surface area contributed by atoms with Crippen molar-refractivity contribution >= 4 is 17.7 Å². The first-order chi connectivity index (χ1) is 8.77. The highest BCUT2D eigenvalue weighted by Gasteiger charge is 2.09. The number of methoxy groups -OCH3 is 1. The van der Waals surface area contributed by atoms with Crippen molar-refractivity contribution in [2.75, 3.05) is 31.8 Å². The van der Waals surface area contributed by atoms with E-state index in [1.807, 2.05) is 0 Å². The molecule has 1 aromatic rings. The molecule has 0 spiro atoms. The van der Waals surface area contributed by atoms with Crippen molar-refractivity contribution in [3.8, 4) is 0 Å². The minimum Gasteiger partial charge on any atom is -0.467 e. The van der Waals surface area contributed by atoms with Gasteiger partial charge in [-0.15, -0.1) is 0 Å². The minimum absolute atomic E-state index is 0.253. The van der Waals surface area contributed by atoms with Crippen molar-refractivity contribution in [2.24, 2.45) is 0 Å². The number of hydrogen-bond donors (Lipinski definition) is 2. The molecular weight excluding hydrogens is 254 g/mol. The molecule has 0 saturated heterocycles. The van der Waals surface area contributed by atoms with Gasteiger partial charge < -0.3 is 19.6 Å². The third-order valence-corrected chi connectivity index (χ3v) is 3.31. The summed E-state index contributed by atoms with van der Waals surface area (Å²) < 4.78 is 9.82. The van der Waals surface area contributed by atoms with Crippen molar-refractivity contribution in [1.82, 2.24) is 5.32 Å². The molecule has 0 bridgehead atoms. The molecule has 0 unspecified atom stereocenters. The van der Waals surface area contributed by atoms with Crippen LogP contribution in [0.2, 0.25) is 0 Å². The van der Waals surface area contributed by atoms with Gasteiger partial charge in [-0.3, -0.25) is 0 Å². The molecule has 0 aromatic carbocycles. The minimum atomic E-state index is -0.385. The Hall–Kier alpha value is -0.980. The maximum atomic E-state index is 11.2. The molecule has 1 aromatic heterocycles. The summed E-state index contributed by atoms with van der Waals surface area (Å²) in [4.78, 5) is 11.2. The van der Waals surface area contributed by atoms with Gasteiger partial charge in [-0.2, -0.15) is 11.8 Å². The van der Waals surface area contributed by atoms with E-state index >= 15 is 0 Å². The molecule has 0 aliphatic carbocycles. The highest BCUT2D eigenvalue weighted by molar-refractivity contribution is 7.99. The van der Waals surface area contributed by atoms with Gasteiger partial charge in [0.1, 0.15) is 12.0 Å². The number of ether oxygens (including phenoxy) is 1. The summed E-state index contributed by atoms with van der Waals surface area (Å²) in [5.74, 6) is 2.30. The Kier molecular flexibility index (Phi) is 7.55. The van der Waals surface area contributed by atoms with Gasteiger partial charge >= 0.3 is 5.97 Å². The number of nitrogens with one attached hydrogen (secondary N) is 1. The molecule has 1 heterocycles. The monoisotopic (exact) mass is 273 g/mol. The Labute approximate surface area is 111 Å². The van der Waals surface area contributed by atoms with E-state index < -0.39 is 0 Å². The standard InChI is InChI=1S/C12H19NO4S/c1-16-12(15)10-7-11(17-9-10)8-13-3-6-18-5-2-4-14/h7,9,13-14H,2-6,8H2,1H3. The fraction of sp³-hybridized carbons (Fsp3) is 0.583. The molecule has 18 heavy (non-hydrogen) atoms. The molecule has 2 N–H and O–H groups in total. The second kappa shape index (κ2) is 9.02. The van der Waals surface area contributed by atoms with Gasteiger partial charge in [0.25, 0.3) is 0 Å². The van der Waals surface area contributed by atoms with Crippen LogP contribution in [-0.2, 0) is 11.3 Å². The van der Waals surface area contributed by atoms with Crippen molar-refractivity contribution in [3.05, 3.63) is 23.7 Å². The van der Waals surface area contributed by atoms with Crippen molar-refractivity contribution < 1.29 is 19.1 Å². The van der Waals surface area contributed by atoms with Gasteiger partial charge in [0.05, 0.1) is 19.2 Å². The number of aliphatic hydroxyl groups excluding tert-OH is 1. The Morgan fingerprint density at radius 1 is 1.56 bits per heavy atom. The average Bonchev–Trinajstić information content (AvgIpc) is 2.85. The largest absolute Gasteiger partial charge is 0.467 e. The molecular formula is C12H19NO4S. The van der Waals surface area contributed by atoms with E-state index in [-0.39, 0.29) is 12.6 Å². The van der Waals surface area contributed by atoms with E-state index in [0.717, 1.165) is 30.2 Å². The Balaban J connectivity index is 2.12. The second-order valence-corrected chi connectivity index (χ2v) is 4.88. The first kappa shape index (κ1) is 15.1. The maximum Gasteiger partial charge on any atom is 0.341 e. The van der Waals surface area contributed by atoms with Gasteiger partial charge in [0.15, 0.2) is 0 Å². The number of carbonyl (C=O) groups is 1. The third kappa shape index (κ3) is 5.57. The number of thioether (sulfide) groups is 1. The Morgan fingerprint density at radius 3 is 3.11 bits per heavy atom. The summed E-state index contributed by atoms with van der Waals surface area (Å²) in [6.45, 7) is 1.71. The van der Waals surface area contributed by atoms with Crippen LogP contribution in [0.5, 0.6) is 0 Å². The lowest BCUT2D eigenvalue weighted by Gasteiger charge is -2.02. The van der Waals surface area contributed by atoms with Crippen LogP contribution >= 0.6 is 11.8 Å². The zero-order chi connectivity index (χ0) is 13.2. The van der Waals surface area contributed by atoms with E-state index in [1.165, 1.54) is 13.4 Å². The highest BCUT2D eigenvalue weighted by atomic mass is 32.2. The molecule has 0 aliphatic rings. The normalized spacial score (nSPS) is 10.6. The molecule has 5 nitrogen and oxygen atoms in total. The fourth-order valence-electron chi connectivity index (χ4n) is 1.32. The molecule has 0 fully saturated rings. The zero-order valence-corrected chi connectivity index (χ0v) is 11.3. The van der Waals surface area contributed by atoms with Crippen LogP contribution in [-0.4, -0.2) is 42.8 Å². The van der Waals surface area contributed by atoms with E-state index in [4.69, 9.17) is 9.52 Å². The first-order valence-corrected chi connectivity index (χ1v) is 6.98. The Morgan fingerprint density at radius 2 is 2.39 bits per heavy atom. The van der Waals surface area contributed by atoms with Crippen LogP contribution in [0, 0.1) is 0 Å². The third-order valence-electron chi connectivity index (χ3n) is 2.24. The maximum absolute atomic E-state index is 11.2. The summed E-state index contributed by atoms with van der Waals surface area (Å²) in [6.07, 6.45) is 2.24. The average molecular weight is 273 g/mol. The van der Waals surface area contributed by atoms with Gasteiger partial charge in [0.2, 0.25) is 0 Å². The van der Waals surface area contributed by atoms with E-state index in [2.05, 4.69) is 10.1 Å². The lowest BCUT2D eigenvalue weighted by molar-refractivity contribution is 0.0600. The lowest BCUT2D eigenvalue weighted by Crippen LogP contribution is -2.16. The first-order valence-electron chi connectivity index (χ1n) is 5.83. The van der Waals surface area contributed by atoms with Crippen LogP contribution in [0.15, 0.2) is 16.7 Å². The predicted molar refractivity (Wildman–Crippen MR) is 70.8 cm³/mol. The molecule has 0 amide bonds. The molecule has 0 radical (unpaired) electrons. The zero-order valence-electron chi connectivity index (χ0n) is 10.5. The number of aliphatic hydroxyl groups is 1. The van der Waals surface area contributed by atoms with Gasteiger partial charge in [-0.05, 0) is 18.2 Å². The summed E-state index contributed by atoms with van der Waals surface area (Å²) in [7, 11) is 1.34. The van der Waals surface area contributed by atoms with E-state index in [1.54, 1.807) is 17.8 Å². The quantitative estimate of drug-likeness (QED) is 0.521. The van der Waals surface area contributed by atoms with Gasteiger partial charge in [-0.25, -0.2) is 4.79 Å². The van der Waals surface area contributed by atoms with Crippen LogP contribution < -0.4 is 5.32 Å². The second-order valence-electron chi connectivity index (χ2n) is 3.66. The predicted octanol–water partition coefficient (Wildman–Crippen LogP) is 1.27. The summed E-state index contributed by atoms with van der Waals surface area (Å²) in [5, 5.41) is 11.8. The molecule has 1 rings (SSSR count). The molecule has 102 valence electrons. The number of hydrogen-bond acceptors (Lipinski definition) is 6. The number of carbonyl (C=O) groups excluding carboxylic acids is 1. The fourth-order valence-corrected chi connectivity index (χ4v) is 2.15. The summed E-state index contributed by atoms with van der Waals surface area (Å²) >= 11 is 1.80. The Bertz CT molecular complexity index is 354. The van der Waals surface area contributed by atoms with Crippen molar-refractivity contribution in [3.63, 3.8) is 0 Å².